The predicted octanol–water partition coefficient (Wildman–Crippen LogP) is 2.03. The van der Waals surface area contributed by atoms with E-state index in [2.05, 4.69) is 20.5 Å². The molecule has 3 N–H and O–H groups in total. The summed E-state index contributed by atoms with van der Waals surface area (Å²) in [6.45, 7) is 7.76. The molecule has 0 aliphatic rings. The molecule has 0 spiro atoms. The monoisotopic (exact) mass is 309 g/mol. The minimum absolute atomic E-state index is 0.193. The standard InChI is InChI=1S/C14H23N5OS/c1-5-9-10(6-2)18-19-13(16-9)17-12(20)14(7-3,8-4)11(15)21/h5-8H2,1-4H3,(H2,15,21)(H,16,17,19,20). The van der Waals surface area contributed by atoms with Gasteiger partial charge in [0.15, 0.2) is 0 Å². The van der Waals surface area contributed by atoms with Gasteiger partial charge in [-0.05, 0) is 25.7 Å². The van der Waals surface area contributed by atoms with Crippen molar-refractivity contribution in [2.24, 2.45) is 11.1 Å². The lowest BCUT2D eigenvalue weighted by Gasteiger charge is -2.28. The van der Waals surface area contributed by atoms with Gasteiger partial charge in [0.2, 0.25) is 11.9 Å². The highest BCUT2D eigenvalue weighted by Gasteiger charge is 2.38. The topological polar surface area (TPSA) is 93.8 Å². The number of carbonyl (C=O) groups is 1. The van der Waals surface area contributed by atoms with Gasteiger partial charge in [0, 0.05) is 0 Å². The van der Waals surface area contributed by atoms with E-state index in [1.165, 1.54) is 0 Å². The van der Waals surface area contributed by atoms with Crippen molar-refractivity contribution in [3.8, 4) is 0 Å². The molecule has 1 amide bonds. The number of aryl methyl sites for hydroxylation is 2. The molecule has 0 radical (unpaired) electrons. The summed E-state index contributed by atoms with van der Waals surface area (Å²) in [5.41, 5.74) is 6.59. The van der Waals surface area contributed by atoms with E-state index in [-0.39, 0.29) is 16.8 Å². The van der Waals surface area contributed by atoms with Gasteiger partial charge in [0.1, 0.15) is 0 Å². The first-order valence-electron chi connectivity index (χ1n) is 7.28. The summed E-state index contributed by atoms with van der Waals surface area (Å²) in [6.07, 6.45) is 2.57. The van der Waals surface area contributed by atoms with Crippen LogP contribution in [0.5, 0.6) is 0 Å². The number of hydrogen-bond donors (Lipinski definition) is 2. The van der Waals surface area contributed by atoms with E-state index in [9.17, 15) is 4.79 Å². The number of nitrogens with two attached hydrogens (primary N) is 1. The molecule has 0 atom stereocenters. The van der Waals surface area contributed by atoms with Crippen molar-refractivity contribution in [2.75, 3.05) is 5.32 Å². The van der Waals surface area contributed by atoms with E-state index in [1.807, 2.05) is 27.7 Å². The van der Waals surface area contributed by atoms with Crippen LogP contribution in [-0.2, 0) is 17.6 Å². The molecule has 116 valence electrons. The average Bonchev–Trinajstić information content (AvgIpc) is 2.48. The average molecular weight is 309 g/mol. The molecule has 1 aromatic rings. The molecule has 0 aromatic carbocycles. The lowest BCUT2D eigenvalue weighted by molar-refractivity contribution is -0.122. The van der Waals surface area contributed by atoms with Gasteiger partial charge in [-0.3, -0.25) is 10.1 Å². The van der Waals surface area contributed by atoms with Crippen LogP contribution in [0.3, 0.4) is 0 Å². The fourth-order valence-electron chi connectivity index (χ4n) is 2.24. The van der Waals surface area contributed by atoms with Crippen molar-refractivity contribution in [3.63, 3.8) is 0 Å². The third-order valence-corrected chi connectivity index (χ3v) is 4.24. The summed E-state index contributed by atoms with van der Waals surface area (Å²) in [4.78, 5) is 17.1. The maximum absolute atomic E-state index is 12.5. The molecule has 0 bridgehead atoms. The molecule has 7 heteroatoms. The van der Waals surface area contributed by atoms with Gasteiger partial charge in [-0.25, -0.2) is 4.98 Å². The number of anilines is 1. The second-order valence-electron chi connectivity index (χ2n) is 4.84. The summed E-state index contributed by atoms with van der Waals surface area (Å²) in [5.74, 6) is -0.0651. The minimum atomic E-state index is -0.867. The van der Waals surface area contributed by atoms with Gasteiger partial charge < -0.3 is 5.73 Å². The Morgan fingerprint density at radius 2 is 1.71 bits per heavy atom. The van der Waals surface area contributed by atoms with Gasteiger partial charge >= 0.3 is 0 Å². The zero-order valence-electron chi connectivity index (χ0n) is 13.1. The first-order chi connectivity index (χ1) is 9.94. The molecular formula is C14H23N5OS. The van der Waals surface area contributed by atoms with Crippen molar-refractivity contribution in [1.29, 1.82) is 0 Å². The van der Waals surface area contributed by atoms with Crippen molar-refractivity contribution in [3.05, 3.63) is 11.4 Å². The molecule has 0 fully saturated rings. The summed E-state index contributed by atoms with van der Waals surface area (Å²) in [5, 5.41) is 10.8. The van der Waals surface area contributed by atoms with Crippen molar-refractivity contribution >= 4 is 29.1 Å². The van der Waals surface area contributed by atoms with E-state index in [0.29, 0.717) is 12.8 Å². The number of nitrogens with one attached hydrogen (secondary N) is 1. The Bertz CT molecular complexity index is 528. The van der Waals surface area contributed by atoms with Gasteiger partial charge in [0.25, 0.3) is 0 Å². The smallest absolute Gasteiger partial charge is 0.249 e. The minimum Gasteiger partial charge on any atom is -0.392 e. The third kappa shape index (κ3) is 3.53. The summed E-state index contributed by atoms with van der Waals surface area (Å²) >= 11 is 5.07. The van der Waals surface area contributed by atoms with Crippen LogP contribution < -0.4 is 11.1 Å². The Labute approximate surface area is 130 Å². The normalized spacial score (nSPS) is 11.2. The number of amides is 1. The van der Waals surface area contributed by atoms with Crippen LogP contribution in [0.15, 0.2) is 0 Å². The van der Waals surface area contributed by atoms with Gasteiger partial charge in [-0.15, -0.1) is 10.2 Å². The summed E-state index contributed by atoms with van der Waals surface area (Å²) < 4.78 is 0. The fraction of sp³-hybridized carbons (Fsp3) is 0.643. The Balaban J connectivity index is 3.04. The van der Waals surface area contributed by atoms with Crippen LogP contribution in [0.25, 0.3) is 0 Å². The van der Waals surface area contributed by atoms with E-state index >= 15 is 0 Å². The molecule has 0 aliphatic heterocycles. The molecule has 0 saturated carbocycles. The second-order valence-corrected chi connectivity index (χ2v) is 5.28. The largest absolute Gasteiger partial charge is 0.392 e. The maximum Gasteiger partial charge on any atom is 0.249 e. The quantitative estimate of drug-likeness (QED) is 0.748. The van der Waals surface area contributed by atoms with E-state index < -0.39 is 5.41 Å². The molecule has 0 saturated heterocycles. The number of nitrogens with zero attached hydrogens (tertiary/aromatic N) is 3. The van der Waals surface area contributed by atoms with Crippen LogP contribution in [0.2, 0.25) is 0 Å². The van der Waals surface area contributed by atoms with E-state index in [1.54, 1.807) is 0 Å². The van der Waals surface area contributed by atoms with Gasteiger partial charge in [-0.1, -0.05) is 39.9 Å². The van der Waals surface area contributed by atoms with Crippen molar-refractivity contribution in [1.82, 2.24) is 15.2 Å². The number of carbonyl (C=O) groups excluding carboxylic acids is 1. The van der Waals surface area contributed by atoms with E-state index in [0.717, 1.165) is 24.2 Å². The highest BCUT2D eigenvalue weighted by molar-refractivity contribution is 7.80. The molecule has 21 heavy (non-hydrogen) atoms. The Kier molecular flexibility index (Phi) is 6.14. The first kappa shape index (κ1) is 17.4. The van der Waals surface area contributed by atoms with Crippen LogP contribution in [-0.4, -0.2) is 26.1 Å². The number of hydrogen-bond acceptors (Lipinski definition) is 5. The van der Waals surface area contributed by atoms with E-state index in [4.69, 9.17) is 18.0 Å². The highest BCUT2D eigenvalue weighted by atomic mass is 32.1. The lowest BCUT2D eigenvalue weighted by atomic mass is 9.81. The number of thiocarbonyl (C=S) groups is 1. The lowest BCUT2D eigenvalue weighted by Crippen LogP contribution is -2.45. The molecular weight excluding hydrogens is 286 g/mol. The van der Waals surface area contributed by atoms with Crippen LogP contribution in [0.1, 0.15) is 51.9 Å². The number of rotatable bonds is 7. The van der Waals surface area contributed by atoms with Gasteiger partial charge in [-0.2, -0.15) is 0 Å². The van der Waals surface area contributed by atoms with Crippen LogP contribution >= 0.6 is 12.2 Å². The number of aromatic nitrogens is 3. The molecule has 1 heterocycles. The molecule has 0 unspecified atom stereocenters. The third-order valence-electron chi connectivity index (χ3n) is 3.85. The first-order valence-corrected chi connectivity index (χ1v) is 7.69. The Morgan fingerprint density at radius 1 is 1.14 bits per heavy atom. The summed E-state index contributed by atoms with van der Waals surface area (Å²) in [6, 6.07) is 0. The summed E-state index contributed by atoms with van der Waals surface area (Å²) in [7, 11) is 0. The van der Waals surface area contributed by atoms with Crippen molar-refractivity contribution in [2.45, 2.75) is 53.4 Å². The zero-order chi connectivity index (χ0) is 16.0. The Hall–Kier alpha value is -1.63. The van der Waals surface area contributed by atoms with Crippen molar-refractivity contribution < 1.29 is 4.79 Å². The zero-order valence-corrected chi connectivity index (χ0v) is 13.9. The SMILES string of the molecule is CCc1nnc(NC(=O)C(CC)(CC)C(N)=S)nc1CC. The predicted molar refractivity (Wildman–Crippen MR) is 87.0 cm³/mol. The molecule has 1 rings (SSSR count). The maximum atomic E-state index is 12.5. The second kappa shape index (κ2) is 7.40. The van der Waals surface area contributed by atoms with Gasteiger partial charge in [0.05, 0.1) is 21.8 Å². The van der Waals surface area contributed by atoms with Crippen LogP contribution in [0.4, 0.5) is 5.95 Å². The fourth-order valence-corrected chi connectivity index (χ4v) is 2.63. The molecule has 1 aromatic heterocycles. The molecule has 6 nitrogen and oxygen atoms in total. The Morgan fingerprint density at radius 3 is 2.14 bits per heavy atom. The van der Waals surface area contributed by atoms with Crippen LogP contribution in [0, 0.1) is 5.41 Å². The highest BCUT2D eigenvalue weighted by Crippen LogP contribution is 2.28. The molecule has 0 aliphatic carbocycles.